The van der Waals surface area contributed by atoms with Crippen LogP contribution in [0.15, 0.2) is 24.3 Å². The van der Waals surface area contributed by atoms with Gasteiger partial charge in [0.15, 0.2) is 17.9 Å². The third-order valence-corrected chi connectivity index (χ3v) is 6.35. The van der Waals surface area contributed by atoms with Crippen LogP contribution in [0, 0.1) is 26.3 Å². The second-order valence-electron chi connectivity index (χ2n) is 11.3. The molecule has 3 N–H and O–H groups in total. The number of carboxylic acids is 1. The number of carboxylic acid groups (broad SMARTS) is 1. The Morgan fingerprint density at radius 3 is 1.31 bits per heavy atom. The van der Waals surface area contributed by atoms with Crippen LogP contribution in [0.25, 0.3) is 0 Å². The van der Waals surface area contributed by atoms with E-state index in [2.05, 4.69) is 29.4 Å². The van der Waals surface area contributed by atoms with E-state index in [0.29, 0.717) is 40.3 Å². The van der Waals surface area contributed by atoms with Gasteiger partial charge in [0.05, 0.1) is 62.1 Å². The van der Waals surface area contributed by atoms with Crippen molar-refractivity contribution in [1.29, 1.82) is 0 Å². The van der Waals surface area contributed by atoms with Gasteiger partial charge in [-0.05, 0) is 5.78 Å². The quantitative estimate of drug-likeness (QED) is 0.0378. The molecule has 0 saturated heterocycles. The van der Waals surface area contributed by atoms with Crippen molar-refractivity contribution in [3.8, 4) is 0 Å². The van der Waals surface area contributed by atoms with E-state index in [4.69, 9.17) is 39.8 Å². The summed E-state index contributed by atoms with van der Waals surface area (Å²) in [4.78, 5) is 63.7. The summed E-state index contributed by atoms with van der Waals surface area (Å²) in [6.07, 6.45) is 0.467. The molecule has 0 fully saturated rings. The number of likely N-dealkylation sites (N-methyl/N-ethyl adjacent to an activating group) is 2. The van der Waals surface area contributed by atoms with E-state index in [-0.39, 0.29) is 150 Å². The molecule has 0 aromatic rings. The van der Waals surface area contributed by atoms with E-state index < -0.39 is 72.2 Å². The Morgan fingerprint density at radius 2 is 1.04 bits per heavy atom. The minimum atomic E-state index is -4.60. The Balaban J connectivity index is -0.000000102. The van der Waals surface area contributed by atoms with Crippen LogP contribution in [0.5, 0.6) is 0 Å². The predicted molar refractivity (Wildman–Crippen MR) is 173 cm³/mol. The van der Waals surface area contributed by atoms with Crippen LogP contribution in [0.2, 0.25) is 0 Å². The van der Waals surface area contributed by atoms with Gasteiger partial charge >= 0.3 is 0 Å². The summed E-state index contributed by atoms with van der Waals surface area (Å²) in [5.74, 6) is -3.00. The van der Waals surface area contributed by atoms with Gasteiger partial charge in [0.1, 0.15) is 45.1 Å². The number of carbonyl (C=O) groups excluding carboxylic acids is 3. The van der Waals surface area contributed by atoms with Crippen molar-refractivity contribution >= 4 is 39.3 Å². The Labute approximate surface area is 419 Å². The van der Waals surface area contributed by atoms with E-state index in [0.717, 1.165) is 6.08 Å². The third kappa shape index (κ3) is 62.7. The Kier molecular flexibility index (Phi) is 55.8. The Bertz CT molecular complexity index is 1150. The van der Waals surface area contributed by atoms with Crippen molar-refractivity contribution in [2.75, 3.05) is 95.0 Å². The minimum Gasteiger partial charge on any atom is -0.756 e. The maximum absolute atomic E-state index is 11.6. The number of aliphatic hydroxyl groups is 2. The van der Waals surface area contributed by atoms with E-state index in [1.165, 1.54) is 6.92 Å². The number of hydrogen-bond donors (Lipinski definition) is 3. The average molecular weight is 1120 g/mol. The van der Waals surface area contributed by atoms with Crippen LogP contribution >= 0.6 is 15.6 Å². The standard InChI is InChI=1S/C14H23NO8P.C8H20NO6P.C4H5O.C3H3O2.4Y/c1-6-13(16)20-10-12(23-14(17)7-2)11-22-24(18,19)21-9-8-15(3,4)5;1-9(2,3)4-5-14-16(12,13)15-7-8(11)6-10;1-3-4(2)5;1-2-3(4)5;;;;/h1-2,6-7,12H,8-11H2,3-5H3,(H,18,19);8,10-11H,4-7H2,1-3H3;1,3H,2H3;1-2H,(H,4,5);;;;/q-1;;2*-1;;;;/p-1/t12-;8-;;;;;;/m11....../s1. The van der Waals surface area contributed by atoms with Crippen LogP contribution in [0.3, 0.4) is 0 Å². The van der Waals surface area contributed by atoms with Crippen molar-refractivity contribution in [1.82, 2.24) is 0 Å². The van der Waals surface area contributed by atoms with Crippen molar-refractivity contribution in [2.45, 2.75) is 19.1 Å². The first kappa shape index (κ1) is 73.1. The monoisotopic (exact) mass is 1120 g/mol. The molecule has 0 aliphatic rings. The molecule has 54 heavy (non-hydrogen) atoms. The molecule has 2 unspecified atom stereocenters. The van der Waals surface area contributed by atoms with Crippen molar-refractivity contribution in [3.05, 3.63) is 50.6 Å². The van der Waals surface area contributed by atoms with Gasteiger partial charge in [0, 0.05) is 131 Å². The molecule has 0 heterocycles. The minimum absolute atomic E-state index is 0. The fraction of sp³-hybridized carbons (Fsp3) is 0.586. The SMILES string of the molecule is C[N+](C)(C)CCOP(=O)([O-])OC[C@H](O)CO.[CH-]=CC(=O)O.[CH-]=CC(=O)OC[C@H](COP(=O)([O-])OCC[N+](C)(C)C)OC(=O)C=[CH-].[CH-]=CC(C)=O.[Y].[Y].[Y].[Y]. The van der Waals surface area contributed by atoms with E-state index in [1.54, 1.807) is 0 Å². The third-order valence-electron chi connectivity index (χ3n) is 4.42. The summed E-state index contributed by atoms with van der Waals surface area (Å²) >= 11 is 0. The molecule has 0 bridgehead atoms. The molecule has 0 aromatic heterocycles. The van der Waals surface area contributed by atoms with Crippen molar-refractivity contribution < 1.29 is 221 Å². The van der Waals surface area contributed by atoms with Crippen LogP contribution in [-0.2, 0) is 187 Å². The van der Waals surface area contributed by atoms with Crippen LogP contribution in [-0.4, -0.2) is 155 Å². The van der Waals surface area contributed by atoms with Gasteiger partial charge in [0.25, 0.3) is 15.6 Å². The zero-order valence-electron chi connectivity index (χ0n) is 31.6. The number of aliphatic carboxylic acids is 1. The van der Waals surface area contributed by atoms with Crippen LogP contribution in [0.4, 0.5) is 0 Å². The van der Waals surface area contributed by atoms with Gasteiger partial charge < -0.3 is 80.8 Å². The number of rotatable bonds is 22. The van der Waals surface area contributed by atoms with Gasteiger partial charge in [-0.15, -0.1) is 0 Å². The number of allylic oxidation sites excluding steroid dienone is 1. The molecule has 0 spiro atoms. The van der Waals surface area contributed by atoms with Gasteiger partial charge in [-0.25, -0.2) is 6.08 Å². The first-order chi connectivity index (χ1) is 22.7. The number of aliphatic hydroxyl groups excluding tert-OH is 2. The molecule has 304 valence electrons. The van der Waals surface area contributed by atoms with Gasteiger partial charge in [-0.2, -0.15) is 18.2 Å². The fourth-order valence-electron chi connectivity index (χ4n) is 1.87. The van der Waals surface area contributed by atoms with Crippen LogP contribution < -0.4 is 9.79 Å². The van der Waals surface area contributed by atoms with Gasteiger partial charge in [-0.1, -0.05) is 6.92 Å². The number of hydrogen-bond acceptors (Lipinski definition) is 16. The second-order valence-corrected chi connectivity index (χ2v) is 14.1. The number of ketones is 1. The van der Waals surface area contributed by atoms with Crippen LogP contribution in [0.1, 0.15) is 6.92 Å². The molecule has 0 saturated carbocycles. The van der Waals surface area contributed by atoms with Gasteiger partial charge in [0.2, 0.25) is 0 Å². The Hall–Kier alpha value is 1.52. The fourth-order valence-corrected chi connectivity index (χ4v) is 3.34. The smallest absolute Gasteiger partial charge is 0.268 e. The first-order valence-corrected chi connectivity index (χ1v) is 17.0. The molecule has 19 nitrogen and oxygen atoms in total. The largest absolute Gasteiger partial charge is 0.756 e. The molecule has 4 atom stereocenters. The van der Waals surface area contributed by atoms with E-state index in [9.17, 15) is 38.1 Å². The van der Waals surface area contributed by atoms with Gasteiger partial charge in [-0.3, -0.25) is 35.4 Å². The normalized spacial score (nSPS) is 13.2. The summed E-state index contributed by atoms with van der Waals surface area (Å²) in [7, 11) is 2.30. The molecule has 0 aliphatic carbocycles. The maximum atomic E-state index is 11.6. The molecule has 0 aromatic carbocycles. The number of phosphoric ester groups is 2. The summed E-state index contributed by atoms with van der Waals surface area (Å²) in [6.45, 7) is 19.2. The van der Waals surface area contributed by atoms with Crippen molar-refractivity contribution in [3.63, 3.8) is 0 Å². The number of phosphoric acid groups is 2. The van der Waals surface area contributed by atoms with E-state index >= 15 is 0 Å². The molecule has 25 heteroatoms. The molecule has 0 rings (SSSR count). The zero-order chi connectivity index (χ0) is 40.2. The number of esters is 2. The average Bonchev–Trinajstić information content (AvgIpc) is 3.00. The first-order valence-electron chi connectivity index (χ1n) is 14.1. The molecular formula is C29H50N2O17P2Y4-4. The summed E-state index contributed by atoms with van der Waals surface area (Å²) in [6, 6.07) is 0. The van der Waals surface area contributed by atoms with Crippen molar-refractivity contribution in [2.24, 2.45) is 0 Å². The number of nitrogens with zero attached hydrogens (tertiary/aromatic N) is 2. The Morgan fingerprint density at radius 1 is 0.685 bits per heavy atom. The predicted octanol–water partition coefficient (Wildman–Crippen LogP) is -1.21. The number of quaternary nitrogens is 2. The summed E-state index contributed by atoms with van der Waals surface area (Å²) < 4.78 is 51.4. The molecular weight excluding hydrogens is 1070 g/mol. The molecule has 0 amide bonds. The molecule has 0 aliphatic heterocycles. The second kappa shape index (κ2) is 41.3. The number of ether oxygens (including phenoxy) is 2. The van der Waals surface area contributed by atoms with E-state index in [1.807, 2.05) is 42.3 Å². The topological polar surface area (TPSA) is 265 Å². The summed E-state index contributed by atoms with van der Waals surface area (Å²) in [5.41, 5.74) is 0. The molecule has 4 radical (unpaired) electrons. The maximum Gasteiger partial charge on any atom is 0.268 e. The summed E-state index contributed by atoms with van der Waals surface area (Å²) in [5, 5.41) is 24.9. The number of carbonyl (C=O) groups is 4. The zero-order valence-corrected chi connectivity index (χ0v) is 44.7.